The minimum absolute atomic E-state index is 0.336. The molecule has 4 heteroatoms. The van der Waals surface area contributed by atoms with Crippen LogP contribution in [-0.2, 0) is 5.88 Å². The molecule has 17 heavy (non-hydrogen) atoms. The van der Waals surface area contributed by atoms with Crippen molar-refractivity contribution in [3.05, 3.63) is 29.6 Å². The number of aromatic nitrogens is 2. The van der Waals surface area contributed by atoms with Crippen molar-refractivity contribution in [1.29, 1.82) is 5.26 Å². The first-order chi connectivity index (χ1) is 8.22. The van der Waals surface area contributed by atoms with Crippen molar-refractivity contribution in [3.63, 3.8) is 0 Å². The van der Waals surface area contributed by atoms with Crippen LogP contribution in [0.15, 0.2) is 18.2 Å². The summed E-state index contributed by atoms with van der Waals surface area (Å²) in [6.07, 6.45) is 1.01. The number of para-hydroxylation sites is 1. The van der Waals surface area contributed by atoms with Crippen molar-refractivity contribution in [2.45, 2.75) is 32.2 Å². The van der Waals surface area contributed by atoms with Crippen LogP contribution in [0, 0.1) is 11.3 Å². The van der Waals surface area contributed by atoms with Crippen LogP contribution < -0.4 is 0 Å². The number of nitrogens with zero attached hydrogens (tertiary/aromatic N) is 3. The highest BCUT2D eigenvalue weighted by Gasteiger charge is 2.15. The topological polar surface area (TPSA) is 41.6 Å². The molecular formula is C13H14ClN3. The monoisotopic (exact) mass is 247 g/mol. The Balaban J connectivity index is 2.77. The summed E-state index contributed by atoms with van der Waals surface area (Å²) in [4.78, 5) is 4.48. The molecule has 0 fully saturated rings. The maximum absolute atomic E-state index is 9.07. The van der Waals surface area contributed by atoms with Crippen molar-refractivity contribution in [3.8, 4) is 6.07 Å². The average Bonchev–Trinajstić information content (AvgIpc) is 2.75. The number of fused-ring (bicyclic) bond motifs is 1. The standard InChI is InChI=1S/C13H14ClN3/c1-3-9(2)17-11-6-4-5-10(8-15)13(11)16-12(17)7-14/h4-6,9H,3,7H2,1-2H3. The summed E-state index contributed by atoms with van der Waals surface area (Å²) < 4.78 is 2.13. The van der Waals surface area contributed by atoms with Crippen LogP contribution in [0.2, 0.25) is 0 Å². The number of rotatable bonds is 3. The Hall–Kier alpha value is -1.53. The summed E-state index contributed by atoms with van der Waals surface area (Å²) >= 11 is 5.93. The summed E-state index contributed by atoms with van der Waals surface area (Å²) in [5.41, 5.74) is 2.36. The highest BCUT2D eigenvalue weighted by atomic mass is 35.5. The van der Waals surface area contributed by atoms with E-state index in [-0.39, 0.29) is 0 Å². The Morgan fingerprint density at radius 3 is 2.88 bits per heavy atom. The molecule has 1 aromatic carbocycles. The molecule has 0 spiro atoms. The predicted octanol–water partition coefficient (Wildman–Crippen LogP) is 3.62. The summed E-state index contributed by atoms with van der Waals surface area (Å²) in [6.45, 7) is 4.26. The summed E-state index contributed by atoms with van der Waals surface area (Å²) in [5, 5.41) is 9.07. The van der Waals surface area contributed by atoms with Gasteiger partial charge < -0.3 is 4.57 Å². The van der Waals surface area contributed by atoms with Crippen LogP contribution in [0.5, 0.6) is 0 Å². The van der Waals surface area contributed by atoms with E-state index < -0.39 is 0 Å². The smallest absolute Gasteiger partial charge is 0.125 e. The van der Waals surface area contributed by atoms with Crippen LogP contribution in [0.1, 0.15) is 37.7 Å². The van der Waals surface area contributed by atoms with E-state index in [2.05, 4.69) is 29.5 Å². The third-order valence-electron chi connectivity index (χ3n) is 3.06. The first-order valence-corrected chi connectivity index (χ1v) is 6.22. The fourth-order valence-corrected chi connectivity index (χ4v) is 2.21. The van der Waals surface area contributed by atoms with Gasteiger partial charge in [0, 0.05) is 6.04 Å². The Morgan fingerprint density at radius 2 is 2.29 bits per heavy atom. The zero-order valence-electron chi connectivity index (χ0n) is 9.94. The van der Waals surface area contributed by atoms with E-state index in [1.54, 1.807) is 6.07 Å². The zero-order chi connectivity index (χ0) is 12.4. The van der Waals surface area contributed by atoms with Gasteiger partial charge in [-0.25, -0.2) is 4.98 Å². The third-order valence-corrected chi connectivity index (χ3v) is 3.30. The molecule has 0 aliphatic heterocycles. The maximum Gasteiger partial charge on any atom is 0.125 e. The summed E-state index contributed by atoms with van der Waals surface area (Å²) in [6, 6.07) is 8.17. The molecule has 1 atom stereocenters. The maximum atomic E-state index is 9.07. The molecule has 3 nitrogen and oxygen atoms in total. The molecule has 88 valence electrons. The largest absolute Gasteiger partial charge is 0.324 e. The molecule has 0 saturated heterocycles. The number of benzene rings is 1. The highest BCUT2D eigenvalue weighted by molar-refractivity contribution is 6.16. The van der Waals surface area contributed by atoms with E-state index in [9.17, 15) is 0 Å². The first kappa shape index (κ1) is 11.9. The summed E-state index contributed by atoms with van der Waals surface area (Å²) in [7, 11) is 0. The van der Waals surface area contributed by atoms with Gasteiger partial charge in [0.15, 0.2) is 0 Å². The first-order valence-electron chi connectivity index (χ1n) is 5.68. The van der Waals surface area contributed by atoms with Crippen LogP contribution in [-0.4, -0.2) is 9.55 Å². The van der Waals surface area contributed by atoms with E-state index in [0.717, 1.165) is 23.3 Å². The van der Waals surface area contributed by atoms with Crippen molar-refractivity contribution in [2.75, 3.05) is 0 Å². The fraction of sp³-hybridized carbons (Fsp3) is 0.385. The molecule has 0 N–H and O–H groups in total. The molecule has 0 saturated carbocycles. The molecule has 0 radical (unpaired) electrons. The fourth-order valence-electron chi connectivity index (χ4n) is 2.02. The lowest BCUT2D eigenvalue weighted by Crippen LogP contribution is -2.07. The number of alkyl halides is 1. The van der Waals surface area contributed by atoms with Gasteiger partial charge in [-0.1, -0.05) is 13.0 Å². The quantitative estimate of drug-likeness (QED) is 0.778. The van der Waals surface area contributed by atoms with Crippen molar-refractivity contribution in [1.82, 2.24) is 9.55 Å². The Labute approximate surface area is 106 Å². The molecule has 1 unspecified atom stereocenters. The van der Waals surface area contributed by atoms with Crippen molar-refractivity contribution in [2.24, 2.45) is 0 Å². The van der Waals surface area contributed by atoms with Gasteiger partial charge in [-0.15, -0.1) is 11.6 Å². The SMILES string of the molecule is CCC(C)n1c(CCl)nc2c(C#N)cccc21. The molecule has 0 bridgehead atoms. The van der Waals surface area contributed by atoms with Gasteiger partial charge in [-0.3, -0.25) is 0 Å². The number of nitriles is 1. The van der Waals surface area contributed by atoms with Gasteiger partial charge in [0.25, 0.3) is 0 Å². The minimum atomic E-state index is 0.336. The van der Waals surface area contributed by atoms with Crippen LogP contribution in [0.3, 0.4) is 0 Å². The predicted molar refractivity (Wildman–Crippen MR) is 69.0 cm³/mol. The van der Waals surface area contributed by atoms with Crippen molar-refractivity contribution < 1.29 is 0 Å². The van der Waals surface area contributed by atoms with Crippen LogP contribution in [0.25, 0.3) is 11.0 Å². The molecule has 1 heterocycles. The molecule has 0 aliphatic carbocycles. The van der Waals surface area contributed by atoms with Crippen molar-refractivity contribution >= 4 is 22.6 Å². The van der Waals surface area contributed by atoms with E-state index in [1.807, 2.05) is 12.1 Å². The highest BCUT2D eigenvalue weighted by Crippen LogP contribution is 2.25. The van der Waals surface area contributed by atoms with Crippen LogP contribution in [0.4, 0.5) is 0 Å². The lowest BCUT2D eigenvalue weighted by atomic mass is 10.2. The van der Waals surface area contributed by atoms with Gasteiger partial charge in [0.2, 0.25) is 0 Å². The number of hydrogen-bond acceptors (Lipinski definition) is 2. The Kier molecular flexibility index (Phi) is 3.35. The van der Waals surface area contributed by atoms with E-state index >= 15 is 0 Å². The zero-order valence-corrected chi connectivity index (χ0v) is 10.7. The second-order valence-electron chi connectivity index (χ2n) is 4.07. The van der Waals surface area contributed by atoms with Gasteiger partial charge in [0.1, 0.15) is 17.4 Å². The number of imidazole rings is 1. The minimum Gasteiger partial charge on any atom is -0.324 e. The summed E-state index contributed by atoms with van der Waals surface area (Å²) in [5.74, 6) is 1.20. The lowest BCUT2D eigenvalue weighted by Gasteiger charge is -2.14. The van der Waals surface area contributed by atoms with E-state index in [1.165, 1.54) is 0 Å². The average molecular weight is 248 g/mol. The Bertz CT molecular complexity index is 580. The second-order valence-corrected chi connectivity index (χ2v) is 4.34. The molecule has 2 aromatic rings. The van der Waals surface area contributed by atoms with Gasteiger partial charge in [-0.05, 0) is 25.5 Å². The third kappa shape index (κ3) is 1.89. The molecule has 2 rings (SSSR count). The molecule has 0 aliphatic rings. The van der Waals surface area contributed by atoms with E-state index in [4.69, 9.17) is 16.9 Å². The molecular weight excluding hydrogens is 234 g/mol. The van der Waals surface area contributed by atoms with E-state index in [0.29, 0.717) is 17.5 Å². The Morgan fingerprint density at radius 1 is 1.53 bits per heavy atom. The lowest BCUT2D eigenvalue weighted by molar-refractivity contribution is 0.530. The van der Waals surface area contributed by atoms with Crippen LogP contribution >= 0.6 is 11.6 Å². The van der Waals surface area contributed by atoms with Gasteiger partial charge >= 0.3 is 0 Å². The molecule has 0 amide bonds. The van der Waals surface area contributed by atoms with Gasteiger partial charge in [0.05, 0.1) is 17.0 Å². The number of halogens is 1. The molecule has 1 aromatic heterocycles. The second kappa shape index (κ2) is 4.77. The normalized spacial score (nSPS) is 12.6. The van der Waals surface area contributed by atoms with Gasteiger partial charge in [-0.2, -0.15) is 5.26 Å². The number of hydrogen-bond donors (Lipinski definition) is 0.